The van der Waals surface area contributed by atoms with Crippen molar-refractivity contribution in [3.63, 3.8) is 0 Å². The van der Waals surface area contributed by atoms with Crippen molar-refractivity contribution >= 4 is 61.6 Å². The van der Waals surface area contributed by atoms with Gasteiger partial charge in [-0.15, -0.1) is 0 Å². The Morgan fingerprint density at radius 2 is 0.392 bits per heavy atom. The quantitative estimate of drug-likeness (QED) is 0.0334. The van der Waals surface area contributed by atoms with Crippen molar-refractivity contribution < 1.29 is 38.9 Å². The van der Waals surface area contributed by atoms with Crippen molar-refractivity contribution in [2.75, 3.05) is 0 Å². The first-order chi connectivity index (χ1) is 38.2. The molecule has 0 aromatic carbocycles. The smallest absolute Gasteiger partial charge is 0.550 e. The van der Waals surface area contributed by atoms with Gasteiger partial charge in [-0.1, -0.05) is 310 Å². The SMILES string of the molecule is CCCCCCCCCCCCCCCCC(=O)OC(CCCCCCCCCC)CCCCCCC(=O)[O-].CCCCCCCCCCCCCCCCC(=O)OC(CCCCCCCCCC)CCCCCCC(=O)[O-].[Ca+2]. The first-order valence-corrected chi connectivity index (χ1v) is 35.0. The first kappa shape index (κ1) is 82.4. The molecule has 0 aliphatic carbocycles. The molecule has 0 aliphatic rings. The van der Waals surface area contributed by atoms with Crippen molar-refractivity contribution in [1.82, 2.24) is 0 Å². The Bertz CT molecular complexity index is 1140. The molecule has 0 N–H and O–H groups in total. The van der Waals surface area contributed by atoms with Gasteiger partial charge in [-0.05, 0) is 89.9 Å². The summed E-state index contributed by atoms with van der Waals surface area (Å²) in [7, 11) is 0. The maximum atomic E-state index is 12.5. The molecule has 9 heteroatoms. The van der Waals surface area contributed by atoms with Gasteiger partial charge in [0.1, 0.15) is 12.2 Å². The second-order valence-electron chi connectivity index (χ2n) is 24.1. The van der Waals surface area contributed by atoms with E-state index in [9.17, 15) is 29.4 Å². The van der Waals surface area contributed by atoms with Crippen molar-refractivity contribution in [3.8, 4) is 0 Å². The van der Waals surface area contributed by atoms with Crippen molar-refractivity contribution in [2.24, 2.45) is 0 Å². The van der Waals surface area contributed by atoms with Gasteiger partial charge in [0.2, 0.25) is 0 Å². The third-order valence-corrected chi connectivity index (χ3v) is 16.1. The molecule has 0 amide bonds. The molecule has 2 unspecified atom stereocenters. The van der Waals surface area contributed by atoms with Crippen molar-refractivity contribution in [1.29, 1.82) is 0 Å². The van der Waals surface area contributed by atoms with Gasteiger partial charge in [-0.3, -0.25) is 9.59 Å². The molecule has 0 fully saturated rings. The van der Waals surface area contributed by atoms with E-state index in [0.717, 1.165) is 103 Å². The zero-order valence-electron chi connectivity index (χ0n) is 53.6. The Kier molecular flexibility index (Phi) is 74.4. The van der Waals surface area contributed by atoms with Crippen LogP contribution in [0.15, 0.2) is 0 Å². The van der Waals surface area contributed by atoms with E-state index < -0.39 is 11.9 Å². The van der Waals surface area contributed by atoms with Gasteiger partial charge >= 0.3 is 49.7 Å². The van der Waals surface area contributed by atoms with E-state index in [1.165, 1.54) is 244 Å². The number of carboxylic acids is 2. The maximum absolute atomic E-state index is 12.5. The second-order valence-corrected chi connectivity index (χ2v) is 24.1. The predicted octanol–water partition coefficient (Wildman–Crippen LogP) is 20.4. The van der Waals surface area contributed by atoms with E-state index in [1.807, 2.05) is 0 Å². The molecule has 79 heavy (non-hydrogen) atoms. The van der Waals surface area contributed by atoms with Gasteiger partial charge in [0.25, 0.3) is 0 Å². The number of ether oxygens (including phenoxy) is 2. The summed E-state index contributed by atoms with van der Waals surface area (Å²) in [4.78, 5) is 46.2. The average molecular weight is 1140 g/mol. The van der Waals surface area contributed by atoms with Crippen LogP contribution in [0.1, 0.15) is 413 Å². The fourth-order valence-electron chi connectivity index (χ4n) is 10.9. The third kappa shape index (κ3) is 73.2. The normalized spacial score (nSPS) is 11.9. The first-order valence-electron chi connectivity index (χ1n) is 35.0. The molecule has 0 saturated heterocycles. The molecule has 0 saturated carbocycles. The number of carbonyl (C=O) groups is 4. The minimum atomic E-state index is -0.958. The molecule has 0 rings (SSSR count). The van der Waals surface area contributed by atoms with Crippen LogP contribution in [-0.2, 0) is 28.7 Å². The number of carbonyl (C=O) groups excluding carboxylic acids is 4. The molecule has 2 atom stereocenters. The van der Waals surface area contributed by atoms with Crippen LogP contribution < -0.4 is 10.2 Å². The van der Waals surface area contributed by atoms with Gasteiger partial charge in [-0.2, -0.15) is 0 Å². The summed E-state index contributed by atoms with van der Waals surface area (Å²) in [6, 6.07) is 0. The van der Waals surface area contributed by atoms with Crippen LogP contribution in [0.4, 0.5) is 0 Å². The minimum Gasteiger partial charge on any atom is -0.550 e. The summed E-state index contributed by atoms with van der Waals surface area (Å²) in [6.07, 6.45) is 70.0. The van der Waals surface area contributed by atoms with Crippen LogP contribution in [0.5, 0.6) is 0 Å². The Hall–Kier alpha value is -0.860. The molecular weight excluding hydrogens is 1010 g/mol. The molecule has 464 valence electrons. The molecule has 0 aromatic heterocycles. The molecule has 0 spiro atoms. The number of esters is 2. The van der Waals surface area contributed by atoms with Gasteiger partial charge in [0.15, 0.2) is 0 Å². The van der Waals surface area contributed by atoms with Crippen LogP contribution in [0, 0.1) is 0 Å². The van der Waals surface area contributed by atoms with Gasteiger partial charge in [-0.25, -0.2) is 0 Å². The predicted molar refractivity (Wildman–Crippen MR) is 335 cm³/mol. The summed E-state index contributed by atoms with van der Waals surface area (Å²) in [5.74, 6) is -1.95. The summed E-state index contributed by atoms with van der Waals surface area (Å²) < 4.78 is 11.9. The van der Waals surface area contributed by atoms with Gasteiger partial charge < -0.3 is 29.3 Å². The molecule has 0 bridgehead atoms. The molecule has 0 aliphatic heterocycles. The molecule has 0 radical (unpaired) electrons. The fraction of sp³-hybridized carbons (Fsp3) is 0.943. The second kappa shape index (κ2) is 71.4. The number of carboxylic acid groups (broad SMARTS) is 2. The monoisotopic (exact) mass is 1140 g/mol. The third-order valence-electron chi connectivity index (χ3n) is 16.1. The van der Waals surface area contributed by atoms with Crippen LogP contribution in [0.25, 0.3) is 0 Å². The van der Waals surface area contributed by atoms with E-state index in [0.29, 0.717) is 25.7 Å². The van der Waals surface area contributed by atoms with Crippen molar-refractivity contribution in [3.05, 3.63) is 0 Å². The van der Waals surface area contributed by atoms with Gasteiger partial charge in [0, 0.05) is 24.8 Å². The van der Waals surface area contributed by atoms with E-state index in [1.54, 1.807) is 0 Å². The molecular formula is C70H134CaO8. The summed E-state index contributed by atoms with van der Waals surface area (Å²) in [6.45, 7) is 9.06. The largest absolute Gasteiger partial charge is 2.00 e. The molecule has 8 nitrogen and oxygen atoms in total. The maximum Gasteiger partial charge on any atom is 2.00 e. The Morgan fingerprint density at radius 3 is 0.570 bits per heavy atom. The van der Waals surface area contributed by atoms with E-state index in [4.69, 9.17) is 9.47 Å². The Labute approximate surface area is 522 Å². The standard InChI is InChI=1S/2C35H68O4.Ca/c2*1-3-5-7-9-11-13-14-15-16-17-18-20-22-28-32-35(38)39-33(30-26-23-24-27-31-34(36)37)29-25-21-19-12-10-8-6-4-2;/h2*33H,3-32H2,1-2H3,(H,36,37);/q;;+2/p-2. The average Bonchev–Trinajstić information content (AvgIpc) is 3.42. The number of hydrogen-bond acceptors (Lipinski definition) is 8. The summed E-state index contributed by atoms with van der Waals surface area (Å²) >= 11 is 0. The fourth-order valence-corrected chi connectivity index (χ4v) is 10.9. The zero-order valence-corrected chi connectivity index (χ0v) is 55.8. The number of unbranched alkanes of at least 4 members (excludes halogenated alkanes) is 46. The van der Waals surface area contributed by atoms with E-state index >= 15 is 0 Å². The zero-order chi connectivity index (χ0) is 57.3. The molecule has 0 aromatic rings. The summed E-state index contributed by atoms with van der Waals surface area (Å²) in [5.41, 5.74) is 0. The topological polar surface area (TPSA) is 133 Å². The Balaban J connectivity index is -0.00000144. The molecule has 0 heterocycles. The van der Waals surface area contributed by atoms with Crippen LogP contribution in [0.2, 0.25) is 0 Å². The summed E-state index contributed by atoms with van der Waals surface area (Å²) in [5, 5.41) is 21.2. The number of rotatable bonds is 64. The van der Waals surface area contributed by atoms with Gasteiger partial charge in [0.05, 0.1) is 0 Å². The van der Waals surface area contributed by atoms with Crippen LogP contribution in [-0.4, -0.2) is 73.8 Å². The van der Waals surface area contributed by atoms with E-state index in [-0.39, 0.29) is 74.7 Å². The minimum absolute atomic E-state index is 0. The number of hydrogen-bond donors (Lipinski definition) is 0. The van der Waals surface area contributed by atoms with Crippen LogP contribution >= 0.6 is 0 Å². The van der Waals surface area contributed by atoms with Crippen LogP contribution in [0.3, 0.4) is 0 Å². The number of aliphatic carboxylic acids is 2. The van der Waals surface area contributed by atoms with E-state index in [2.05, 4.69) is 27.7 Å². The Morgan fingerprint density at radius 1 is 0.241 bits per heavy atom. The van der Waals surface area contributed by atoms with Crippen molar-refractivity contribution in [2.45, 2.75) is 425 Å².